The van der Waals surface area contributed by atoms with Crippen molar-refractivity contribution >= 4 is 16.9 Å². The van der Waals surface area contributed by atoms with Crippen LogP contribution in [0.5, 0.6) is 11.6 Å². The van der Waals surface area contributed by atoms with Gasteiger partial charge in [-0.3, -0.25) is 4.79 Å². The Morgan fingerprint density at radius 1 is 1.23 bits per heavy atom. The number of aromatic hydroxyl groups is 1. The number of ether oxygens (including phenoxy) is 1. The van der Waals surface area contributed by atoms with Crippen LogP contribution in [0, 0.1) is 0 Å². The van der Waals surface area contributed by atoms with Crippen molar-refractivity contribution in [3.63, 3.8) is 0 Å². The molecule has 0 aliphatic carbocycles. The fourth-order valence-electron chi connectivity index (χ4n) is 4.74. The Bertz CT molecular complexity index is 1370. The van der Waals surface area contributed by atoms with E-state index in [1.807, 2.05) is 30.3 Å². The lowest BCUT2D eigenvalue weighted by atomic mass is 10.0. The first kappa shape index (κ1) is 22.9. The summed E-state index contributed by atoms with van der Waals surface area (Å²) >= 11 is 0. The molecule has 1 unspecified atom stereocenters. The summed E-state index contributed by atoms with van der Waals surface area (Å²) in [7, 11) is 3.72. The lowest BCUT2D eigenvalue weighted by Crippen LogP contribution is -2.31. The minimum Gasteiger partial charge on any atom is -0.507 e. The maximum absolute atomic E-state index is 12.7. The monoisotopic (exact) mass is 471 g/mol. The number of pyridine rings is 1. The van der Waals surface area contributed by atoms with Crippen LogP contribution in [-0.4, -0.2) is 64.2 Å². The number of phenols is 1. The molecule has 8 heteroatoms. The van der Waals surface area contributed by atoms with E-state index >= 15 is 0 Å². The van der Waals surface area contributed by atoms with E-state index in [-0.39, 0.29) is 11.7 Å². The molecule has 0 radical (unpaired) electrons. The van der Waals surface area contributed by atoms with Crippen molar-refractivity contribution in [2.24, 2.45) is 0 Å². The third kappa shape index (κ3) is 4.70. The minimum atomic E-state index is -0.0998. The lowest BCUT2D eigenvalue weighted by molar-refractivity contribution is 0.0950. The second kappa shape index (κ2) is 9.76. The molecule has 2 aromatic carbocycles. The lowest BCUT2D eigenvalue weighted by Gasteiger charge is -2.19. The largest absolute Gasteiger partial charge is 0.507 e. The number of aromatic amines is 1. The molecule has 3 N–H and O–H groups in total. The predicted octanol–water partition coefficient (Wildman–Crippen LogP) is 4.22. The molecule has 3 heterocycles. The molecule has 4 aromatic rings. The van der Waals surface area contributed by atoms with E-state index in [9.17, 15) is 9.90 Å². The van der Waals surface area contributed by atoms with Gasteiger partial charge >= 0.3 is 0 Å². The van der Waals surface area contributed by atoms with E-state index in [4.69, 9.17) is 4.74 Å². The van der Waals surface area contributed by atoms with Crippen molar-refractivity contribution in [2.45, 2.75) is 25.3 Å². The summed E-state index contributed by atoms with van der Waals surface area (Å²) in [5.41, 5.74) is 4.23. The Morgan fingerprint density at radius 2 is 2.11 bits per heavy atom. The van der Waals surface area contributed by atoms with E-state index in [0.717, 1.165) is 29.6 Å². The van der Waals surface area contributed by atoms with Crippen LogP contribution >= 0.6 is 0 Å². The number of phenolic OH excluding ortho intramolecular Hbond substituents is 1. The number of likely N-dealkylation sites (tertiary alicyclic amines) is 1. The number of methoxy groups -OCH3 is 1. The highest BCUT2D eigenvalue weighted by Crippen LogP contribution is 2.35. The highest BCUT2D eigenvalue weighted by Gasteiger charge is 2.20. The molecule has 8 nitrogen and oxygen atoms in total. The molecule has 1 atom stereocenters. The van der Waals surface area contributed by atoms with Crippen molar-refractivity contribution in [1.29, 1.82) is 0 Å². The Hall–Kier alpha value is -3.91. The number of imidazole rings is 1. The number of amides is 1. The second-order valence-electron chi connectivity index (χ2n) is 8.93. The third-order valence-electron chi connectivity index (χ3n) is 6.71. The molecule has 1 aliphatic rings. The van der Waals surface area contributed by atoms with Gasteiger partial charge in [0.1, 0.15) is 11.6 Å². The number of rotatable bonds is 7. The molecule has 5 rings (SSSR count). The maximum atomic E-state index is 12.7. The van der Waals surface area contributed by atoms with Gasteiger partial charge in [-0.15, -0.1) is 0 Å². The van der Waals surface area contributed by atoms with Crippen LogP contribution in [0.4, 0.5) is 0 Å². The van der Waals surface area contributed by atoms with Gasteiger partial charge in [0.2, 0.25) is 5.88 Å². The molecular formula is C27H29N5O3. The number of H-pyrrole nitrogens is 1. The average Bonchev–Trinajstić information content (AvgIpc) is 3.49. The number of nitrogens with one attached hydrogen (secondary N) is 2. The molecule has 2 aromatic heterocycles. The first-order valence-electron chi connectivity index (χ1n) is 11.8. The predicted molar refractivity (Wildman–Crippen MR) is 136 cm³/mol. The summed E-state index contributed by atoms with van der Waals surface area (Å²) in [6.45, 7) is 1.78. The summed E-state index contributed by atoms with van der Waals surface area (Å²) in [4.78, 5) is 27.2. The minimum absolute atomic E-state index is 0.0998. The zero-order valence-corrected chi connectivity index (χ0v) is 19.9. The smallest absolute Gasteiger partial charge is 0.251 e. The van der Waals surface area contributed by atoms with E-state index in [0.29, 0.717) is 40.9 Å². The number of fused-ring (bicyclic) bond motifs is 1. The molecule has 1 amide bonds. The summed E-state index contributed by atoms with van der Waals surface area (Å²) in [6, 6.07) is 15.0. The number of hydrogen-bond acceptors (Lipinski definition) is 6. The van der Waals surface area contributed by atoms with Crippen LogP contribution in [0.2, 0.25) is 0 Å². The molecule has 180 valence electrons. The molecular weight excluding hydrogens is 442 g/mol. The van der Waals surface area contributed by atoms with Crippen LogP contribution in [0.3, 0.4) is 0 Å². The van der Waals surface area contributed by atoms with Gasteiger partial charge in [-0.05, 0) is 80.9 Å². The van der Waals surface area contributed by atoms with E-state index in [1.54, 1.807) is 31.5 Å². The Morgan fingerprint density at radius 3 is 2.91 bits per heavy atom. The second-order valence-corrected chi connectivity index (χ2v) is 8.93. The van der Waals surface area contributed by atoms with Crippen molar-refractivity contribution in [3.8, 4) is 34.1 Å². The third-order valence-corrected chi connectivity index (χ3v) is 6.71. The van der Waals surface area contributed by atoms with Crippen molar-refractivity contribution in [1.82, 2.24) is 25.2 Å². The number of carbonyl (C=O) groups is 1. The van der Waals surface area contributed by atoms with Gasteiger partial charge in [0, 0.05) is 29.9 Å². The standard InChI is InChI=1S/C27H29N5O3/c1-32-14-4-5-19(32)11-13-28-26(34)18-7-9-22-23(16-18)31-25(30-22)21-15-17(8-10-24(21)33)20-6-3-12-29-27(20)35-2/h3,6-10,12,15-16,19,33H,4-5,11,13-14H2,1-2H3,(H,28,34)(H,30,31). The van der Waals surface area contributed by atoms with Crippen LogP contribution in [-0.2, 0) is 0 Å². The Balaban J connectivity index is 1.37. The SMILES string of the molecule is COc1ncccc1-c1ccc(O)c(-c2nc3ccc(C(=O)NCCC4CCCN4C)cc3[nH]2)c1. The normalized spacial score (nSPS) is 16.0. The number of aromatic nitrogens is 3. The molecule has 0 bridgehead atoms. The molecule has 0 spiro atoms. The fourth-order valence-corrected chi connectivity index (χ4v) is 4.74. The molecule has 1 fully saturated rings. The van der Waals surface area contributed by atoms with Crippen LogP contribution in [0.15, 0.2) is 54.7 Å². The van der Waals surface area contributed by atoms with Gasteiger partial charge in [-0.1, -0.05) is 6.07 Å². The van der Waals surface area contributed by atoms with E-state index in [1.165, 1.54) is 12.8 Å². The van der Waals surface area contributed by atoms with Crippen LogP contribution in [0.1, 0.15) is 29.6 Å². The fraction of sp³-hybridized carbons (Fsp3) is 0.296. The number of carbonyl (C=O) groups excluding carboxylic acids is 1. The van der Waals surface area contributed by atoms with E-state index < -0.39 is 0 Å². The topological polar surface area (TPSA) is 103 Å². The molecule has 0 saturated carbocycles. The van der Waals surface area contributed by atoms with Crippen molar-refractivity contribution in [2.75, 3.05) is 27.2 Å². The first-order valence-corrected chi connectivity index (χ1v) is 11.8. The molecule has 1 aliphatic heterocycles. The number of benzene rings is 2. The maximum Gasteiger partial charge on any atom is 0.251 e. The Kier molecular flexibility index (Phi) is 6.37. The number of hydrogen-bond donors (Lipinski definition) is 3. The average molecular weight is 472 g/mol. The highest BCUT2D eigenvalue weighted by molar-refractivity contribution is 5.97. The van der Waals surface area contributed by atoms with Gasteiger partial charge in [-0.2, -0.15) is 0 Å². The van der Waals surface area contributed by atoms with Gasteiger partial charge in [0.25, 0.3) is 5.91 Å². The van der Waals surface area contributed by atoms with Crippen molar-refractivity contribution < 1.29 is 14.6 Å². The zero-order chi connectivity index (χ0) is 24.4. The van der Waals surface area contributed by atoms with Gasteiger partial charge in [0.05, 0.1) is 23.7 Å². The molecule has 1 saturated heterocycles. The van der Waals surface area contributed by atoms with Gasteiger partial charge < -0.3 is 25.0 Å². The van der Waals surface area contributed by atoms with Gasteiger partial charge in [-0.25, -0.2) is 9.97 Å². The quantitative estimate of drug-likeness (QED) is 0.373. The van der Waals surface area contributed by atoms with Crippen LogP contribution < -0.4 is 10.1 Å². The summed E-state index contributed by atoms with van der Waals surface area (Å²) in [5.74, 6) is 1.02. The first-order chi connectivity index (χ1) is 17.0. The number of nitrogens with zero attached hydrogens (tertiary/aromatic N) is 3. The summed E-state index contributed by atoms with van der Waals surface area (Å²) < 4.78 is 5.38. The summed E-state index contributed by atoms with van der Waals surface area (Å²) in [5, 5.41) is 13.6. The Labute approximate surface area is 204 Å². The molecule has 35 heavy (non-hydrogen) atoms. The van der Waals surface area contributed by atoms with Crippen LogP contribution in [0.25, 0.3) is 33.5 Å². The van der Waals surface area contributed by atoms with E-state index in [2.05, 4.69) is 32.2 Å². The van der Waals surface area contributed by atoms with Crippen molar-refractivity contribution in [3.05, 3.63) is 60.3 Å². The zero-order valence-electron chi connectivity index (χ0n) is 19.9. The highest BCUT2D eigenvalue weighted by atomic mass is 16.5. The van der Waals surface area contributed by atoms with Gasteiger partial charge in [0.15, 0.2) is 0 Å². The summed E-state index contributed by atoms with van der Waals surface area (Å²) in [6.07, 6.45) is 5.04.